The molecule has 104 valence electrons. The molecule has 1 fully saturated rings. The van der Waals surface area contributed by atoms with E-state index in [4.69, 9.17) is 9.47 Å². The third-order valence-corrected chi connectivity index (χ3v) is 3.41. The van der Waals surface area contributed by atoms with E-state index in [1.165, 1.54) is 0 Å². The van der Waals surface area contributed by atoms with E-state index in [9.17, 15) is 4.79 Å². The van der Waals surface area contributed by atoms with Gasteiger partial charge in [-0.1, -0.05) is 12.1 Å². The summed E-state index contributed by atoms with van der Waals surface area (Å²) in [6, 6.07) is 8.03. The number of nitrogens with one attached hydrogen (secondary N) is 1. The molecule has 19 heavy (non-hydrogen) atoms. The summed E-state index contributed by atoms with van der Waals surface area (Å²) < 4.78 is 10.6. The highest BCUT2D eigenvalue weighted by molar-refractivity contribution is 5.84. The highest BCUT2D eigenvalue weighted by atomic mass is 16.5. The molecule has 1 aliphatic heterocycles. The number of hydrogen-bond donors (Lipinski definition) is 1. The maximum absolute atomic E-state index is 12.3. The van der Waals surface area contributed by atoms with Crippen LogP contribution >= 0.6 is 0 Å². The monoisotopic (exact) mass is 263 g/mol. The molecule has 2 rings (SSSR count). The molecule has 0 atom stereocenters. The van der Waals surface area contributed by atoms with Gasteiger partial charge in [-0.2, -0.15) is 0 Å². The first-order valence-electron chi connectivity index (χ1n) is 6.76. The smallest absolute Gasteiger partial charge is 0.331 e. The van der Waals surface area contributed by atoms with E-state index in [1.54, 1.807) is 0 Å². The van der Waals surface area contributed by atoms with Gasteiger partial charge in [-0.3, -0.25) is 0 Å². The van der Waals surface area contributed by atoms with E-state index >= 15 is 0 Å². The number of ether oxygens (including phenoxy) is 2. The molecular formula is C15H21NO3. The number of esters is 1. The molecule has 0 bridgehead atoms. The Morgan fingerprint density at radius 1 is 1.42 bits per heavy atom. The van der Waals surface area contributed by atoms with E-state index < -0.39 is 5.54 Å². The maximum atomic E-state index is 12.3. The minimum absolute atomic E-state index is 0.181. The number of benzene rings is 1. The molecule has 4 nitrogen and oxygen atoms in total. The van der Waals surface area contributed by atoms with Gasteiger partial charge in [0.2, 0.25) is 0 Å². The van der Waals surface area contributed by atoms with Crippen molar-refractivity contribution < 1.29 is 14.3 Å². The predicted molar refractivity (Wildman–Crippen MR) is 74.2 cm³/mol. The van der Waals surface area contributed by atoms with Gasteiger partial charge in [0.25, 0.3) is 0 Å². The molecule has 0 amide bonds. The van der Waals surface area contributed by atoms with E-state index in [2.05, 4.69) is 5.32 Å². The summed E-state index contributed by atoms with van der Waals surface area (Å²) in [5.41, 5.74) is 1.47. The summed E-state index contributed by atoms with van der Waals surface area (Å²) in [5.74, 6) is -0.181. The molecule has 4 heteroatoms. The van der Waals surface area contributed by atoms with Gasteiger partial charge in [-0.05, 0) is 31.5 Å². The lowest BCUT2D eigenvalue weighted by atomic mass is 9.89. The quantitative estimate of drug-likeness (QED) is 0.848. The zero-order valence-electron chi connectivity index (χ0n) is 11.6. The Bertz CT molecular complexity index is 439. The van der Waals surface area contributed by atoms with Gasteiger partial charge in [0.1, 0.15) is 5.54 Å². The topological polar surface area (TPSA) is 47.6 Å². The second-order valence-corrected chi connectivity index (χ2v) is 4.91. The number of carbonyl (C=O) groups is 1. The summed E-state index contributed by atoms with van der Waals surface area (Å²) >= 11 is 0. The Labute approximate surface area is 114 Å². The van der Waals surface area contributed by atoms with Crippen LogP contribution in [0.15, 0.2) is 24.3 Å². The average Bonchev–Trinajstić information content (AvgIpc) is 2.40. The summed E-state index contributed by atoms with van der Waals surface area (Å²) in [6.45, 7) is 5.43. The van der Waals surface area contributed by atoms with Crippen molar-refractivity contribution in [2.24, 2.45) is 0 Å². The van der Waals surface area contributed by atoms with E-state index in [-0.39, 0.29) is 5.97 Å². The normalized spacial score (nSPS) is 17.8. The molecule has 0 aliphatic carbocycles. The standard InChI is InChI=1S/C15H21NO3/c1-3-19-14(17)15(7-9-18-10-8-15)16-13-6-4-5-12(2)11-13/h4-6,11,16H,3,7-10H2,1-2H3. The Morgan fingerprint density at radius 3 is 2.79 bits per heavy atom. The fourth-order valence-electron chi connectivity index (χ4n) is 2.37. The molecule has 1 aromatic rings. The third kappa shape index (κ3) is 3.26. The highest BCUT2D eigenvalue weighted by Crippen LogP contribution is 2.28. The van der Waals surface area contributed by atoms with Crippen molar-refractivity contribution >= 4 is 11.7 Å². The highest BCUT2D eigenvalue weighted by Gasteiger charge is 2.41. The first-order valence-corrected chi connectivity index (χ1v) is 6.76. The number of carbonyl (C=O) groups excluding carboxylic acids is 1. The van der Waals surface area contributed by atoms with Crippen LogP contribution in [-0.2, 0) is 14.3 Å². The summed E-state index contributed by atoms with van der Waals surface area (Å²) in [7, 11) is 0. The van der Waals surface area contributed by atoms with Crippen LogP contribution in [0.25, 0.3) is 0 Å². The second-order valence-electron chi connectivity index (χ2n) is 4.91. The van der Waals surface area contributed by atoms with Crippen molar-refractivity contribution in [3.05, 3.63) is 29.8 Å². The first kappa shape index (κ1) is 13.9. The third-order valence-electron chi connectivity index (χ3n) is 3.41. The Hall–Kier alpha value is -1.55. The lowest BCUT2D eigenvalue weighted by Gasteiger charge is -2.36. The van der Waals surface area contributed by atoms with Crippen LogP contribution in [0.4, 0.5) is 5.69 Å². The Morgan fingerprint density at radius 2 is 2.16 bits per heavy atom. The molecule has 0 aromatic heterocycles. The second kappa shape index (κ2) is 6.06. The van der Waals surface area contributed by atoms with Crippen molar-refractivity contribution in [1.82, 2.24) is 0 Å². The number of anilines is 1. The van der Waals surface area contributed by atoms with Crippen molar-refractivity contribution in [2.75, 3.05) is 25.1 Å². The molecule has 1 saturated heterocycles. The molecule has 1 aromatic carbocycles. The van der Waals surface area contributed by atoms with Crippen LogP contribution in [0.5, 0.6) is 0 Å². The van der Waals surface area contributed by atoms with Crippen LogP contribution in [-0.4, -0.2) is 31.3 Å². The summed E-state index contributed by atoms with van der Waals surface area (Å²) in [6.07, 6.45) is 1.28. The number of rotatable bonds is 4. The van der Waals surface area contributed by atoms with Crippen LogP contribution < -0.4 is 5.32 Å². The molecule has 1 N–H and O–H groups in total. The molecule has 0 spiro atoms. The van der Waals surface area contributed by atoms with Gasteiger partial charge < -0.3 is 14.8 Å². The fraction of sp³-hybridized carbons (Fsp3) is 0.533. The SMILES string of the molecule is CCOC(=O)C1(Nc2cccc(C)c2)CCOCC1. The molecule has 1 aliphatic rings. The average molecular weight is 263 g/mol. The predicted octanol–water partition coefficient (Wildman–Crippen LogP) is 2.52. The Kier molecular flexibility index (Phi) is 4.43. The van der Waals surface area contributed by atoms with Crippen LogP contribution in [0.3, 0.4) is 0 Å². The van der Waals surface area contributed by atoms with E-state index in [0.717, 1.165) is 11.3 Å². The molecule has 1 heterocycles. The number of hydrogen-bond acceptors (Lipinski definition) is 4. The Balaban J connectivity index is 2.20. The van der Waals surface area contributed by atoms with Gasteiger partial charge in [0, 0.05) is 31.7 Å². The minimum Gasteiger partial charge on any atom is -0.464 e. The van der Waals surface area contributed by atoms with Crippen molar-refractivity contribution in [1.29, 1.82) is 0 Å². The fourth-order valence-corrected chi connectivity index (χ4v) is 2.37. The van der Waals surface area contributed by atoms with Crippen LogP contribution in [0.2, 0.25) is 0 Å². The van der Waals surface area contributed by atoms with Gasteiger partial charge >= 0.3 is 5.97 Å². The van der Waals surface area contributed by atoms with Gasteiger partial charge in [-0.25, -0.2) is 4.79 Å². The van der Waals surface area contributed by atoms with Crippen molar-refractivity contribution in [3.63, 3.8) is 0 Å². The van der Waals surface area contributed by atoms with E-state index in [0.29, 0.717) is 32.7 Å². The van der Waals surface area contributed by atoms with Crippen molar-refractivity contribution in [3.8, 4) is 0 Å². The summed E-state index contributed by atoms with van der Waals surface area (Å²) in [4.78, 5) is 12.3. The van der Waals surface area contributed by atoms with Crippen molar-refractivity contribution in [2.45, 2.75) is 32.2 Å². The van der Waals surface area contributed by atoms with Crippen LogP contribution in [0, 0.1) is 6.92 Å². The van der Waals surface area contributed by atoms with E-state index in [1.807, 2.05) is 38.1 Å². The lowest BCUT2D eigenvalue weighted by Crippen LogP contribution is -2.51. The molecule has 0 saturated carbocycles. The largest absolute Gasteiger partial charge is 0.464 e. The first-order chi connectivity index (χ1) is 9.16. The number of aryl methyl sites for hydroxylation is 1. The minimum atomic E-state index is -0.651. The zero-order chi connectivity index (χ0) is 13.7. The zero-order valence-corrected chi connectivity index (χ0v) is 11.6. The lowest BCUT2D eigenvalue weighted by molar-refractivity contribution is -0.152. The van der Waals surface area contributed by atoms with Gasteiger partial charge in [0.15, 0.2) is 0 Å². The molecule has 0 radical (unpaired) electrons. The van der Waals surface area contributed by atoms with Gasteiger partial charge in [-0.15, -0.1) is 0 Å². The maximum Gasteiger partial charge on any atom is 0.331 e. The molecular weight excluding hydrogens is 242 g/mol. The molecule has 0 unspecified atom stereocenters. The van der Waals surface area contributed by atoms with Crippen LogP contribution in [0.1, 0.15) is 25.3 Å². The van der Waals surface area contributed by atoms with Gasteiger partial charge in [0.05, 0.1) is 6.61 Å². The summed E-state index contributed by atoms with van der Waals surface area (Å²) in [5, 5.41) is 3.37.